The van der Waals surface area contributed by atoms with Gasteiger partial charge in [-0.25, -0.2) is 0 Å². The molecule has 2 atom stereocenters. The monoisotopic (exact) mass is 298 g/mol. The molecule has 2 rings (SSSR count). The van der Waals surface area contributed by atoms with E-state index in [0.29, 0.717) is 0 Å². The van der Waals surface area contributed by atoms with Crippen LogP contribution in [0.4, 0.5) is 0 Å². The average molecular weight is 298 g/mol. The van der Waals surface area contributed by atoms with E-state index in [4.69, 9.17) is 0 Å². The molecule has 2 aromatic carbocycles. The lowest BCUT2D eigenvalue weighted by molar-refractivity contribution is -0.140. The molecule has 4 heteroatoms. The second-order valence-electron chi connectivity index (χ2n) is 5.23. The zero-order valence-corrected chi connectivity index (χ0v) is 12.1. The van der Waals surface area contributed by atoms with Gasteiger partial charge in [-0.05, 0) is 11.1 Å². The fourth-order valence-corrected chi connectivity index (χ4v) is 2.76. The fourth-order valence-electron chi connectivity index (χ4n) is 2.76. The SMILES string of the molecule is O=C(O)C[C@H](c1ccccc1)[C@@H](CC(=O)O)c1ccccc1. The summed E-state index contributed by atoms with van der Waals surface area (Å²) < 4.78 is 0. The van der Waals surface area contributed by atoms with Crippen molar-refractivity contribution < 1.29 is 19.8 Å². The van der Waals surface area contributed by atoms with Gasteiger partial charge in [0.1, 0.15) is 0 Å². The van der Waals surface area contributed by atoms with Gasteiger partial charge in [0.05, 0.1) is 12.8 Å². The summed E-state index contributed by atoms with van der Waals surface area (Å²) >= 11 is 0. The van der Waals surface area contributed by atoms with E-state index in [2.05, 4.69) is 0 Å². The van der Waals surface area contributed by atoms with Crippen LogP contribution in [0.15, 0.2) is 60.7 Å². The number of rotatable bonds is 7. The lowest BCUT2D eigenvalue weighted by atomic mass is 9.77. The second kappa shape index (κ2) is 7.41. The Balaban J connectivity index is 2.43. The summed E-state index contributed by atoms with van der Waals surface area (Å²) in [6, 6.07) is 18.5. The molecular formula is C18H18O4. The molecule has 0 aliphatic carbocycles. The Labute approximate surface area is 129 Å². The van der Waals surface area contributed by atoms with E-state index in [1.165, 1.54) is 0 Å². The van der Waals surface area contributed by atoms with E-state index in [9.17, 15) is 19.8 Å². The maximum absolute atomic E-state index is 11.3. The fraction of sp³-hybridized carbons (Fsp3) is 0.222. The number of benzene rings is 2. The third-order valence-electron chi connectivity index (χ3n) is 3.73. The number of carbonyl (C=O) groups is 2. The van der Waals surface area contributed by atoms with Crippen molar-refractivity contribution in [2.45, 2.75) is 24.7 Å². The Morgan fingerprint density at radius 1 is 0.682 bits per heavy atom. The molecule has 0 aromatic heterocycles. The molecule has 0 bridgehead atoms. The lowest BCUT2D eigenvalue weighted by Gasteiger charge is -2.26. The van der Waals surface area contributed by atoms with Gasteiger partial charge >= 0.3 is 11.9 Å². The van der Waals surface area contributed by atoms with Crippen LogP contribution in [0, 0.1) is 0 Å². The first kappa shape index (κ1) is 15.8. The summed E-state index contributed by atoms with van der Waals surface area (Å²) in [4.78, 5) is 22.5. The lowest BCUT2D eigenvalue weighted by Crippen LogP contribution is -2.18. The standard InChI is InChI=1S/C18H18O4/c19-17(20)11-15(13-7-3-1-4-8-13)16(12-18(21)22)14-9-5-2-6-10-14/h1-10,15-16H,11-12H2,(H,19,20)(H,21,22)/t15-,16+. The Morgan fingerprint density at radius 3 is 1.27 bits per heavy atom. The van der Waals surface area contributed by atoms with Crippen LogP contribution in [0.2, 0.25) is 0 Å². The molecule has 0 saturated carbocycles. The van der Waals surface area contributed by atoms with Gasteiger partial charge in [-0.2, -0.15) is 0 Å². The molecule has 4 nitrogen and oxygen atoms in total. The number of carboxylic acids is 2. The molecule has 114 valence electrons. The number of hydrogen-bond acceptors (Lipinski definition) is 2. The van der Waals surface area contributed by atoms with Gasteiger partial charge in [0.15, 0.2) is 0 Å². The van der Waals surface area contributed by atoms with Gasteiger partial charge in [0.2, 0.25) is 0 Å². The molecule has 0 fully saturated rings. The molecular weight excluding hydrogens is 280 g/mol. The number of aliphatic carboxylic acids is 2. The highest BCUT2D eigenvalue weighted by Crippen LogP contribution is 2.38. The molecule has 0 radical (unpaired) electrons. The largest absolute Gasteiger partial charge is 0.481 e. The summed E-state index contributed by atoms with van der Waals surface area (Å²) in [5, 5.41) is 18.5. The molecule has 0 unspecified atom stereocenters. The van der Waals surface area contributed by atoms with Gasteiger partial charge in [-0.1, -0.05) is 60.7 Å². The van der Waals surface area contributed by atoms with E-state index in [1.54, 1.807) is 0 Å². The van der Waals surface area contributed by atoms with Crippen LogP contribution in [-0.2, 0) is 9.59 Å². The van der Waals surface area contributed by atoms with Crippen LogP contribution in [0.1, 0.15) is 35.8 Å². The van der Waals surface area contributed by atoms with E-state index in [-0.39, 0.29) is 24.7 Å². The molecule has 0 heterocycles. The van der Waals surface area contributed by atoms with Crippen LogP contribution >= 0.6 is 0 Å². The first-order valence-corrected chi connectivity index (χ1v) is 7.11. The quantitative estimate of drug-likeness (QED) is 0.820. The highest BCUT2D eigenvalue weighted by molar-refractivity contribution is 5.71. The normalized spacial score (nSPS) is 13.3. The molecule has 0 spiro atoms. The van der Waals surface area contributed by atoms with Crippen molar-refractivity contribution in [3.05, 3.63) is 71.8 Å². The second-order valence-corrected chi connectivity index (χ2v) is 5.23. The summed E-state index contributed by atoms with van der Waals surface area (Å²) in [7, 11) is 0. The highest BCUT2D eigenvalue weighted by atomic mass is 16.4. The highest BCUT2D eigenvalue weighted by Gasteiger charge is 2.28. The topological polar surface area (TPSA) is 74.6 Å². The summed E-state index contributed by atoms with van der Waals surface area (Å²) in [5.41, 5.74) is 1.69. The predicted octanol–water partition coefficient (Wildman–Crippen LogP) is 3.50. The van der Waals surface area contributed by atoms with Gasteiger partial charge in [-0.15, -0.1) is 0 Å². The third kappa shape index (κ3) is 4.19. The van der Waals surface area contributed by atoms with E-state index in [0.717, 1.165) is 11.1 Å². The van der Waals surface area contributed by atoms with Crippen LogP contribution < -0.4 is 0 Å². The Morgan fingerprint density at radius 2 is 1.00 bits per heavy atom. The van der Waals surface area contributed by atoms with Crippen molar-refractivity contribution in [3.63, 3.8) is 0 Å². The molecule has 2 N–H and O–H groups in total. The van der Waals surface area contributed by atoms with Crippen molar-refractivity contribution >= 4 is 11.9 Å². The first-order valence-electron chi connectivity index (χ1n) is 7.11. The Bertz CT molecular complexity index is 565. The van der Waals surface area contributed by atoms with E-state index >= 15 is 0 Å². The predicted molar refractivity (Wildman–Crippen MR) is 82.9 cm³/mol. The maximum Gasteiger partial charge on any atom is 0.303 e. The molecule has 0 aliphatic heterocycles. The van der Waals surface area contributed by atoms with Crippen LogP contribution in [0.5, 0.6) is 0 Å². The summed E-state index contributed by atoms with van der Waals surface area (Å²) in [6.45, 7) is 0. The molecule has 2 aromatic rings. The number of hydrogen-bond donors (Lipinski definition) is 2. The minimum atomic E-state index is -0.930. The molecule has 0 aliphatic rings. The maximum atomic E-state index is 11.3. The van der Waals surface area contributed by atoms with E-state index < -0.39 is 11.9 Å². The average Bonchev–Trinajstić information content (AvgIpc) is 2.52. The molecule has 0 saturated heterocycles. The summed E-state index contributed by atoms with van der Waals surface area (Å²) in [6.07, 6.45) is -0.201. The third-order valence-corrected chi connectivity index (χ3v) is 3.73. The van der Waals surface area contributed by atoms with Crippen LogP contribution in [-0.4, -0.2) is 22.2 Å². The van der Waals surface area contributed by atoms with Gasteiger partial charge in [0.25, 0.3) is 0 Å². The van der Waals surface area contributed by atoms with Crippen LogP contribution in [0.3, 0.4) is 0 Å². The van der Waals surface area contributed by atoms with Crippen molar-refractivity contribution in [2.75, 3.05) is 0 Å². The zero-order valence-electron chi connectivity index (χ0n) is 12.1. The van der Waals surface area contributed by atoms with Crippen molar-refractivity contribution in [1.82, 2.24) is 0 Å². The van der Waals surface area contributed by atoms with Crippen molar-refractivity contribution in [3.8, 4) is 0 Å². The first-order chi connectivity index (χ1) is 10.6. The minimum Gasteiger partial charge on any atom is -0.481 e. The minimum absolute atomic E-state index is 0.100. The molecule has 0 amide bonds. The Kier molecular flexibility index (Phi) is 5.31. The smallest absolute Gasteiger partial charge is 0.303 e. The van der Waals surface area contributed by atoms with Crippen molar-refractivity contribution in [2.24, 2.45) is 0 Å². The Hall–Kier alpha value is -2.62. The van der Waals surface area contributed by atoms with Gasteiger partial charge in [-0.3, -0.25) is 9.59 Å². The van der Waals surface area contributed by atoms with Gasteiger partial charge in [0, 0.05) is 11.8 Å². The van der Waals surface area contributed by atoms with Gasteiger partial charge < -0.3 is 10.2 Å². The van der Waals surface area contributed by atoms with E-state index in [1.807, 2.05) is 60.7 Å². The number of carboxylic acid groups (broad SMARTS) is 2. The zero-order chi connectivity index (χ0) is 15.9. The van der Waals surface area contributed by atoms with Crippen molar-refractivity contribution in [1.29, 1.82) is 0 Å². The van der Waals surface area contributed by atoms with Crippen LogP contribution in [0.25, 0.3) is 0 Å². The molecule has 22 heavy (non-hydrogen) atoms. The summed E-state index contributed by atoms with van der Waals surface area (Å²) in [5.74, 6) is -2.62.